The SMILES string of the molecule is O=C(O)c1cccc(/C=C/c2ccc(OCc3c(-c4c(Cl)cccc4Cl)noc3-c3ccccc3)cc2Cl)c1. The van der Waals surface area contributed by atoms with Gasteiger partial charge in [-0.1, -0.05) is 101 Å². The second kappa shape index (κ2) is 11.8. The van der Waals surface area contributed by atoms with E-state index in [9.17, 15) is 9.90 Å². The van der Waals surface area contributed by atoms with Gasteiger partial charge in [0.2, 0.25) is 0 Å². The lowest BCUT2D eigenvalue weighted by molar-refractivity contribution is 0.0697. The van der Waals surface area contributed by atoms with Gasteiger partial charge in [0.15, 0.2) is 5.76 Å². The Morgan fingerprint density at radius 3 is 2.31 bits per heavy atom. The van der Waals surface area contributed by atoms with E-state index in [1.54, 1.807) is 54.6 Å². The molecule has 1 aromatic heterocycles. The fourth-order valence-electron chi connectivity index (χ4n) is 4.03. The number of aromatic nitrogens is 1. The summed E-state index contributed by atoms with van der Waals surface area (Å²) in [6, 6.07) is 26.8. The van der Waals surface area contributed by atoms with Gasteiger partial charge in [0.1, 0.15) is 18.1 Å². The first-order chi connectivity index (χ1) is 18.9. The van der Waals surface area contributed by atoms with Crippen LogP contribution in [0.15, 0.2) is 95.5 Å². The zero-order chi connectivity index (χ0) is 27.4. The Morgan fingerprint density at radius 1 is 0.846 bits per heavy atom. The van der Waals surface area contributed by atoms with Gasteiger partial charge >= 0.3 is 5.97 Å². The first kappa shape index (κ1) is 26.6. The van der Waals surface area contributed by atoms with Crippen LogP contribution in [0.5, 0.6) is 5.75 Å². The lowest BCUT2D eigenvalue weighted by atomic mass is 10.0. The summed E-state index contributed by atoms with van der Waals surface area (Å²) in [5.41, 5.74) is 4.31. The Bertz CT molecular complexity index is 1660. The third-order valence-corrected chi connectivity index (χ3v) is 6.92. The summed E-state index contributed by atoms with van der Waals surface area (Å²) in [6.07, 6.45) is 3.62. The quantitative estimate of drug-likeness (QED) is 0.186. The second-order valence-electron chi connectivity index (χ2n) is 8.54. The summed E-state index contributed by atoms with van der Waals surface area (Å²) < 4.78 is 11.9. The zero-order valence-corrected chi connectivity index (χ0v) is 22.5. The summed E-state index contributed by atoms with van der Waals surface area (Å²) in [7, 11) is 0. The van der Waals surface area contributed by atoms with Crippen LogP contribution in [0, 0.1) is 0 Å². The number of ether oxygens (including phenoxy) is 1. The van der Waals surface area contributed by atoms with Crippen molar-refractivity contribution in [2.45, 2.75) is 6.61 Å². The molecule has 0 saturated carbocycles. The molecule has 194 valence electrons. The molecule has 1 N–H and O–H groups in total. The molecule has 0 spiro atoms. The molecule has 0 radical (unpaired) electrons. The average molecular weight is 577 g/mol. The molecule has 5 aromatic rings. The molecular formula is C31H20Cl3NO4. The van der Waals surface area contributed by atoms with Crippen LogP contribution in [0.25, 0.3) is 34.7 Å². The first-order valence-corrected chi connectivity index (χ1v) is 13.0. The molecule has 0 amide bonds. The van der Waals surface area contributed by atoms with Crippen molar-refractivity contribution in [1.29, 1.82) is 0 Å². The van der Waals surface area contributed by atoms with Crippen LogP contribution < -0.4 is 4.74 Å². The molecule has 5 nitrogen and oxygen atoms in total. The minimum Gasteiger partial charge on any atom is -0.489 e. The lowest BCUT2D eigenvalue weighted by Crippen LogP contribution is -1.99. The van der Waals surface area contributed by atoms with E-state index in [2.05, 4.69) is 5.16 Å². The van der Waals surface area contributed by atoms with Gasteiger partial charge in [0.05, 0.1) is 26.2 Å². The number of rotatable bonds is 8. The van der Waals surface area contributed by atoms with Crippen molar-refractivity contribution >= 4 is 52.9 Å². The summed E-state index contributed by atoms with van der Waals surface area (Å²) in [5.74, 6) is 0.116. The largest absolute Gasteiger partial charge is 0.489 e. The molecule has 5 rings (SSSR count). The van der Waals surface area contributed by atoms with Gasteiger partial charge in [-0.05, 0) is 53.6 Å². The summed E-state index contributed by atoms with van der Waals surface area (Å²) in [4.78, 5) is 11.2. The van der Waals surface area contributed by atoms with Gasteiger partial charge in [-0.15, -0.1) is 0 Å². The van der Waals surface area contributed by atoms with Gasteiger partial charge in [0.25, 0.3) is 0 Å². The number of carboxylic acids is 1. The maximum absolute atomic E-state index is 11.2. The van der Waals surface area contributed by atoms with E-state index in [1.807, 2.05) is 48.5 Å². The molecule has 0 aliphatic rings. The topological polar surface area (TPSA) is 72.6 Å². The number of hydrogen-bond acceptors (Lipinski definition) is 4. The van der Waals surface area contributed by atoms with Crippen LogP contribution in [0.4, 0.5) is 0 Å². The van der Waals surface area contributed by atoms with E-state index in [0.717, 1.165) is 16.7 Å². The number of carboxylic acid groups (broad SMARTS) is 1. The Kier molecular flexibility index (Phi) is 8.03. The van der Waals surface area contributed by atoms with Crippen molar-refractivity contribution < 1.29 is 19.2 Å². The zero-order valence-electron chi connectivity index (χ0n) is 20.3. The van der Waals surface area contributed by atoms with Crippen LogP contribution >= 0.6 is 34.8 Å². The van der Waals surface area contributed by atoms with Gasteiger partial charge in [0, 0.05) is 11.1 Å². The van der Waals surface area contributed by atoms with E-state index < -0.39 is 5.97 Å². The monoisotopic (exact) mass is 575 g/mol. The first-order valence-electron chi connectivity index (χ1n) is 11.8. The van der Waals surface area contributed by atoms with Crippen LogP contribution in [-0.4, -0.2) is 16.2 Å². The molecule has 0 fully saturated rings. The Labute approximate surface area is 239 Å². The highest BCUT2D eigenvalue weighted by molar-refractivity contribution is 6.39. The van der Waals surface area contributed by atoms with E-state index in [4.69, 9.17) is 44.1 Å². The maximum atomic E-state index is 11.2. The molecular weight excluding hydrogens is 557 g/mol. The van der Waals surface area contributed by atoms with E-state index in [-0.39, 0.29) is 12.2 Å². The fraction of sp³-hybridized carbons (Fsp3) is 0.0323. The second-order valence-corrected chi connectivity index (χ2v) is 9.76. The third kappa shape index (κ3) is 6.02. The molecule has 1 heterocycles. The van der Waals surface area contributed by atoms with Crippen LogP contribution in [-0.2, 0) is 6.61 Å². The van der Waals surface area contributed by atoms with Gasteiger partial charge in [-0.2, -0.15) is 0 Å². The van der Waals surface area contributed by atoms with Crippen molar-refractivity contribution in [3.63, 3.8) is 0 Å². The molecule has 0 aliphatic carbocycles. The van der Waals surface area contributed by atoms with Crippen molar-refractivity contribution in [3.05, 3.63) is 128 Å². The highest BCUT2D eigenvalue weighted by Gasteiger charge is 2.23. The highest BCUT2D eigenvalue weighted by atomic mass is 35.5. The van der Waals surface area contributed by atoms with Crippen molar-refractivity contribution in [2.75, 3.05) is 0 Å². The van der Waals surface area contributed by atoms with E-state index in [0.29, 0.717) is 43.4 Å². The molecule has 8 heteroatoms. The number of benzene rings is 4. The minimum absolute atomic E-state index is 0.123. The van der Waals surface area contributed by atoms with Crippen LogP contribution in [0.3, 0.4) is 0 Å². The predicted octanol–water partition coefficient (Wildman–Crippen LogP) is 9.42. The normalized spacial score (nSPS) is 11.2. The third-order valence-electron chi connectivity index (χ3n) is 5.97. The molecule has 39 heavy (non-hydrogen) atoms. The molecule has 0 aliphatic heterocycles. The van der Waals surface area contributed by atoms with Gasteiger partial charge in [-0.25, -0.2) is 4.79 Å². The predicted molar refractivity (Wildman–Crippen MR) is 156 cm³/mol. The summed E-state index contributed by atoms with van der Waals surface area (Å²) >= 11 is 19.5. The van der Waals surface area contributed by atoms with E-state index >= 15 is 0 Å². The number of aromatic carboxylic acids is 1. The van der Waals surface area contributed by atoms with Crippen LogP contribution in [0.2, 0.25) is 15.1 Å². The van der Waals surface area contributed by atoms with Gasteiger partial charge in [-0.3, -0.25) is 0 Å². The Balaban J connectivity index is 1.41. The lowest BCUT2D eigenvalue weighted by Gasteiger charge is -2.11. The van der Waals surface area contributed by atoms with Crippen molar-refractivity contribution in [1.82, 2.24) is 5.16 Å². The highest BCUT2D eigenvalue weighted by Crippen LogP contribution is 2.40. The molecule has 4 aromatic carbocycles. The average Bonchev–Trinajstić information content (AvgIpc) is 3.35. The summed E-state index contributed by atoms with van der Waals surface area (Å²) in [6.45, 7) is 0.123. The fourth-order valence-corrected chi connectivity index (χ4v) is 4.84. The number of nitrogens with zero attached hydrogens (tertiary/aromatic N) is 1. The Morgan fingerprint density at radius 2 is 1.59 bits per heavy atom. The maximum Gasteiger partial charge on any atom is 0.335 e. The van der Waals surface area contributed by atoms with E-state index in [1.165, 1.54) is 0 Å². The number of hydrogen-bond donors (Lipinski definition) is 1. The molecule has 0 unspecified atom stereocenters. The Hall–Kier alpha value is -4.03. The molecule has 0 atom stereocenters. The minimum atomic E-state index is -0.979. The number of halogens is 3. The summed E-state index contributed by atoms with van der Waals surface area (Å²) in [5, 5.41) is 14.9. The van der Waals surface area contributed by atoms with Crippen molar-refractivity contribution in [2.24, 2.45) is 0 Å². The number of carbonyl (C=O) groups is 1. The van der Waals surface area contributed by atoms with Gasteiger partial charge < -0.3 is 14.4 Å². The standard InChI is InChI=1S/C31H20Cl3NO4/c32-25-10-5-11-26(33)28(25)29-24(30(39-35-29)21-7-2-1-3-8-21)18-38-23-15-14-20(27(34)17-23)13-12-19-6-4-9-22(16-19)31(36)37/h1-17H,18H2,(H,36,37)/b13-12+. The molecule has 0 bridgehead atoms. The smallest absolute Gasteiger partial charge is 0.335 e. The van der Waals surface area contributed by atoms with Crippen molar-refractivity contribution in [3.8, 4) is 28.3 Å². The molecule has 0 saturated heterocycles. The van der Waals surface area contributed by atoms with Crippen LogP contribution in [0.1, 0.15) is 27.0 Å².